The molecule has 4 rings (SSSR count). The summed E-state index contributed by atoms with van der Waals surface area (Å²) < 4.78 is 6.13. The molecule has 9 nitrogen and oxygen atoms in total. The first kappa shape index (κ1) is 22.5. The van der Waals surface area contributed by atoms with Gasteiger partial charge in [0.15, 0.2) is 5.17 Å². The van der Waals surface area contributed by atoms with Crippen LogP contribution in [-0.2, 0) is 11.3 Å². The normalized spacial score (nSPS) is 16.4. The summed E-state index contributed by atoms with van der Waals surface area (Å²) in [6.07, 6.45) is 4.46. The Morgan fingerprint density at radius 3 is 2.82 bits per heavy atom. The maximum Gasteiger partial charge on any atom is 0.270 e. The van der Waals surface area contributed by atoms with Crippen LogP contribution in [0.5, 0.6) is 5.75 Å². The highest BCUT2D eigenvalue weighted by Crippen LogP contribution is 2.34. The third-order valence-electron chi connectivity index (χ3n) is 4.49. The number of benzene rings is 2. The van der Waals surface area contributed by atoms with Crippen LogP contribution in [-0.4, -0.2) is 32.2 Å². The van der Waals surface area contributed by atoms with Crippen molar-refractivity contribution >= 4 is 56.7 Å². The van der Waals surface area contributed by atoms with E-state index in [1.807, 2.05) is 0 Å². The van der Waals surface area contributed by atoms with Crippen molar-refractivity contribution in [2.24, 2.45) is 10.2 Å². The molecule has 0 saturated carbocycles. The van der Waals surface area contributed by atoms with E-state index in [1.165, 1.54) is 35.6 Å². The lowest BCUT2D eigenvalue weighted by Gasteiger charge is -2.12. The molecule has 0 radical (unpaired) electrons. The number of amides is 1. The second-order valence-corrected chi connectivity index (χ2v) is 8.69. The van der Waals surface area contributed by atoms with Crippen LogP contribution in [0.1, 0.15) is 16.9 Å². The summed E-state index contributed by atoms with van der Waals surface area (Å²) in [4.78, 5) is 25.4. The van der Waals surface area contributed by atoms with Gasteiger partial charge in [-0.3, -0.25) is 19.8 Å². The summed E-state index contributed by atoms with van der Waals surface area (Å²) in [5.41, 5.74) is 0.898. The fourth-order valence-electron chi connectivity index (χ4n) is 2.93. The van der Waals surface area contributed by atoms with E-state index < -0.39 is 4.92 Å². The predicted octanol–water partition coefficient (Wildman–Crippen LogP) is 5.16. The van der Waals surface area contributed by atoms with Gasteiger partial charge in [-0.25, -0.2) is 0 Å². The zero-order chi connectivity index (χ0) is 23.4. The number of rotatable bonds is 6. The van der Waals surface area contributed by atoms with Crippen LogP contribution in [0.3, 0.4) is 0 Å². The Hall–Kier alpha value is -3.70. The molecule has 0 aliphatic carbocycles. The van der Waals surface area contributed by atoms with Crippen LogP contribution in [0.4, 0.5) is 5.69 Å². The number of aromatic hydroxyl groups is 1. The average molecular weight is 527 g/mol. The molecule has 0 bridgehead atoms. The summed E-state index contributed by atoms with van der Waals surface area (Å²) in [5, 5.41) is 29.5. The smallest absolute Gasteiger partial charge is 0.270 e. The fraction of sp³-hybridized carbons (Fsp3) is 0.0455. The molecule has 11 heteroatoms. The summed E-state index contributed by atoms with van der Waals surface area (Å²) in [6.45, 7) is 0.140. The number of carbonyl (C=O) groups is 1. The highest BCUT2D eigenvalue weighted by Gasteiger charge is 2.34. The number of non-ortho nitro benzene ring substituents is 1. The van der Waals surface area contributed by atoms with Gasteiger partial charge in [-0.05, 0) is 53.7 Å². The van der Waals surface area contributed by atoms with E-state index in [1.54, 1.807) is 42.5 Å². The molecule has 2 heterocycles. The van der Waals surface area contributed by atoms with Gasteiger partial charge in [0.05, 0.1) is 28.9 Å². The van der Waals surface area contributed by atoms with E-state index in [9.17, 15) is 20.0 Å². The van der Waals surface area contributed by atoms with Crippen molar-refractivity contribution in [3.63, 3.8) is 0 Å². The van der Waals surface area contributed by atoms with Gasteiger partial charge in [-0.2, -0.15) is 5.10 Å². The van der Waals surface area contributed by atoms with Crippen molar-refractivity contribution in [1.29, 1.82) is 0 Å². The first-order valence-electron chi connectivity index (χ1n) is 9.48. The lowest BCUT2D eigenvalue weighted by atomic mass is 10.2. The van der Waals surface area contributed by atoms with Crippen molar-refractivity contribution in [2.75, 3.05) is 0 Å². The molecule has 1 amide bonds. The zero-order valence-corrected chi connectivity index (χ0v) is 19.2. The Morgan fingerprint density at radius 2 is 2.06 bits per heavy atom. The minimum absolute atomic E-state index is 0.0380. The molecule has 1 aliphatic rings. The molecule has 1 saturated heterocycles. The number of nitro groups is 1. The fourth-order valence-corrected chi connectivity index (χ4v) is 4.24. The van der Waals surface area contributed by atoms with Crippen LogP contribution in [0.2, 0.25) is 0 Å². The maximum absolute atomic E-state index is 13.1. The van der Waals surface area contributed by atoms with Crippen molar-refractivity contribution in [2.45, 2.75) is 6.54 Å². The number of hydrogen-bond acceptors (Lipinski definition) is 8. The minimum Gasteiger partial charge on any atom is -0.507 e. The number of hydrogen-bond donors (Lipinski definition) is 1. The second kappa shape index (κ2) is 9.84. The molecule has 1 fully saturated rings. The van der Waals surface area contributed by atoms with E-state index in [0.29, 0.717) is 27.0 Å². The van der Waals surface area contributed by atoms with E-state index in [0.717, 1.165) is 16.2 Å². The number of nitro benzene ring substituents is 1. The Balaban J connectivity index is 1.65. The minimum atomic E-state index is -0.492. The molecule has 1 aliphatic heterocycles. The van der Waals surface area contributed by atoms with Crippen LogP contribution in [0.15, 0.2) is 84.9 Å². The van der Waals surface area contributed by atoms with Gasteiger partial charge in [0, 0.05) is 22.2 Å². The van der Waals surface area contributed by atoms with Crippen LogP contribution < -0.4 is 0 Å². The van der Waals surface area contributed by atoms with Gasteiger partial charge < -0.3 is 9.52 Å². The third-order valence-corrected chi connectivity index (χ3v) is 5.98. The lowest BCUT2D eigenvalue weighted by molar-refractivity contribution is -0.384. The molecule has 2 aromatic carbocycles. The van der Waals surface area contributed by atoms with Gasteiger partial charge in [0.1, 0.15) is 11.5 Å². The number of furan rings is 1. The second-order valence-electron chi connectivity index (χ2n) is 6.76. The number of phenols is 1. The first-order valence-corrected chi connectivity index (χ1v) is 11.1. The molecule has 1 N–H and O–H groups in total. The Bertz CT molecular complexity index is 1300. The highest BCUT2D eigenvalue weighted by molar-refractivity contribution is 9.10. The number of nitrogens with zero attached hydrogens (tertiary/aromatic N) is 4. The van der Waals surface area contributed by atoms with Crippen molar-refractivity contribution in [1.82, 2.24) is 4.90 Å². The van der Waals surface area contributed by atoms with Gasteiger partial charge in [0.2, 0.25) is 0 Å². The van der Waals surface area contributed by atoms with Crippen LogP contribution in [0.25, 0.3) is 6.08 Å². The monoisotopic (exact) mass is 526 g/mol. The molecule has 0 atom stereocenters. The Labute approximate surface area is 200 Å². The van der Waals surface area contributed by atoms with E-state index in [-0.39, 0.29) is 23.9 Å². The number of thioether (sulfide) groups is 1. The van der Waals surface area contributed by atoms with Crippen molar-refractivity contribution < 1.29 is 19.2 Å². The van der Waals surface area contributed by atoms with E-state index in [4.69, 9.17) is 4.42 Å². The quantitative estimate of drug-likeness (QED) is 0.205. The predicted molar refractivity (Wildman–Crippen MR) is 129 cm³/mol. The Kier molecular flexibility index (Phi) is 6.71. The van der Waals surface area contributed by atoms with Crippen LogP contribution in [0, 0.1) is 10.1 Å². The van der Waals surface area contributed by atoms with Crippen LogP contribution >= 0.6 is 27.7 Å². The molecular formula is C22H15BrN4O5S. The number of phenolic OH excluding ortho intramolecular Hbond substituents is 1. The SMILES string of the molecule is O=C1/C(=C/c2cccc([N+](=O)[O-])c2)S/C(=N/N=C\c2cc(Br)ccc2O)N1Cc1ccco1. The molecule has 3 aromatic rings. The lowest BCUT2D eigenvalue weighted by Crippen LogP contribution is -2.28. The standard InChI is InChI=1S/C22H15BrN4O5S/c23-16-6-7-19(28)15(11-16)12-24-25-22-26(13-18-5-2-8-32-18)21(29)20(33-22)10-14-3-1-4-17(9-14)27(30)31/h1-12,28H,13H2/b20-10-,24-12-,25-22+. The summed E-state index contributed by atoms with van der Waals surface area (Å²) in [5.74, 6) is 0.264. The molecule has 0 spiro atoms. The number of carbonyl (C=O) groups excluding carboxylic acids is 1. The number of amidine groups is 1. The average Bonchev–Trinajstić information content (AvgIpc) is 3.41. The van der Waals surface area contributed by atoms with Gasteiger partial charge in [0.25, 0.3) is 11.6 Å². The zero-order valence-electron chi connectivity index (χ0n) is 16.8. The molecule has 0 unspecified atom stereocenters. The van der Waals surface area contributed by atoms with Gasteiger partial charge >= 0.3 is 0 Å². The number of halogens is 1. The van der Waals surface area contributed by atoms with Gasteiger partial charge in [-0.15, -0.1) is 5.10 Å². The topological polar surface area (TPSA) is 122 Å². The van der Waals surface area contributed by atoms with Crippen molar-refractivity contribution in [3.8, 4) is 5.75 Å². The van der Waals surface area contributed by atoms with E-state index >= 15 is 0 Å². The summed E-state index contributed by atoms with van der Waals surface area (Å²) >= 11 is 4.42. The van der Waals surface area contributed by atoms with Gasteiger partial charge in [-0.1, -0.05) is 28.1 Å². The first-order chi connectivity index (χ1) is 15.9. The third kappa shape index (κ3) is 5.38. The molecular weight excluding hydrogens is 512 g/mol. The summed E-state index contributed by atoms with van der Waals surface area (Å²) in [6, 6.07) is 14.4. The highest BCUT2D eigenvalue weighted by atomic mass is 79.9. The molecule has 166 valence electrons. The summed E-state index contributed by atoms with van der Waals surface area (Å²) in [7, 11) is 0. The molecule has 1 aromatic heterocycles. The Morgan fingerprint density at radius 1 is 1.21 bits per heavy atom. The largest absolute Gasteiger partial charge is 0.507 e. The van der Waals surface area contributed by atoms with E-state index in [2.05, 4.69) is 26.1 Å². The maximum atomic E-state index is 13.1. The van der Waals surface area contributed by atoms with Crippen molar-refractivity contribution in [3.05, 3.63) is 97.2 Å². The molecule has 33 heavy (non-hydrogen) atoms.